The molecule has 0 radical (unpaired) electrons. The summed E-state index contributed by atoms with van der Waals surface area (Å²) in [6, 6.07) is 16.3. The zero-order chi connectivity index (χ0) is 14.7. The predicted octanol–water partition coefficient (Wildman–Crippen LogP) is 3.90. The van der Waals surface area contributed by atoms with Crippen molar-refractivity contribution in [2.75, 3.05) is 0 Å². The molecule has 0 spiro atoms. The first-order chi connectivity index (χ1) is 10.2. The summed E-state index contributed by atoms with van der Waals surface area (Å²) in [6.07, 6.45) is 1.77. The summed E-state index contributed by atoms with van der Waals surface area (Å²) in [5, 5.41) is 10.2. The van der Waals surface area contributed by atoms with E-state index in [0.717, 1.165) is 19.3 Å². The summed E-state index contributed by atoms with van der Waals surface area (Å²) in [4.78, 5) is 0. The number of rotatable bonds is 3. The predicted molar refractivity (Wildman–Crippen MR) is 79.9 cm³/mol. The maximum absolute atomic E-state index is 12.9. The van der Waals surface area contributed by atoms with E-state index in [0.29, 0.717) is 11.7 Å². The van der Waals surface area contributed by atoms with Crippen molar-refractivity contribution in [1.29, 1.82) is 0 Å². The lowest BCUT2D eigenvalue weighted by atomic mass is 9.81. The van der Waals surface area contributed by atoms with Gasteiger partial charge in [-0.05, 0) is 55.0 Å². The number of aliphatic hydroxyl groups is 1. The van der Waals surface area contributed by atoms with Crippen LogP contribution in [0.2, 0.25) is 0 Å². The van der Waals surface area contributed by atoms with Crippen LogP contribution in [-0.2, 0) is 0 Å². The first-order valence-electron chi connectivity index (χ1n) is 7.37. The average Bonchev–Trinajstić information content (AvgIpc) is 2.52. The largest absolute Gasteiger partial charge is 0.488 e. The molecule has 0 heterocycles. The van der Waals surface area contributed by atoms with Gasteiger partial charge in [0.15, 0.2) is 0 Å². The Hall–Kier alpha value is -1.87. The lowest BCUT2D eigenvalue weighted by Gasteiger charge is -2.33. The maximum atomic E-state index is 12.9. The summed E-state index contributed by atoms with van der Waals surface area (Å²) in [5.74, 6) is 0.725. The third kappa shape index (κ3) is 3.42. The highest BCUT2D eigenvalue weighted by atomic mass is 19.1. The van der Waals surface area contributed by atoms with Crippen molar-refractivity contribution in [1.82, 2.24) is 0 Å². The molecule has 1 saturated carbocycles. The average molecular weight is 286 g/mol. The summed E-state index contributed by atoms with van der Waals surface area (Å²) in [7, 11) is 0. The standard InChI is InChI=1S/C18H19FO2/c19-15-7-9-16(10-8-15)21-18-12-14(6-11-17(18)20)13-4-2-1-3-5-13/h1-5,7-10,14,17-18,20H,6,11-12H2. The second-order valence-corrected chi connectivity index (χ2v) is 5.60. The summed E-state index contributed by atoms with van der Waals surface area (Å²) in [6.45, 7) is 0. The van der Waals surface area contributed by atoms with Crippen molar-refractivity contribution in [3.8, 4) is 5.75 Å². The minimum Gasteiger partial charge on any atom is -0.488 e. The van der Waals surface area contributed by atoms with Crippen LogP contribution >= 0.6 is 0 Å². The van der Waals surface area contributed by atoms with Gasteiger partial charge in [0.05, 0.1) is 6.10 Å². The highest BCUT2D eigenvalue weighted by molar-refractivity contribution is 5.24. The number of ether oxygens (including phenoxy) is 1. The van der Waals surface area contributed by atoms with Gasteiger partial charge < -0.3 is 9.84 Å². The van der Waals surface area contributed by atoms with E-state index in [1.165, 1.54) is 17.7 Å². The molecule has 1 N–H and O–H groups in total. The molecule has 21 heavy (non-hydrogen) atoms. The van der Waals surface area contributed by atoms with Crippen LogP contribution in [0.5, 0.6) is 5.75 Å². The van der Waals surface area contributed by atoms with Crippen LogP contribution in [0.1, 0.15) is 30.7 Å². The van der Waals surface area contributed by atoms with Gasteiger partial charge >= 0.3 is 0 Å². The van der Waals surface area contributed by atoms with Gasteiger partial charge in [0, 0.05) is 0 Å². The van der Waals surface area contributed by atoms with Crippen LogP contribution in [0, 0.1) is 5.82 Å². The Labute approximate surface area is 124 Å². The molecule has 110 valence electrons. The maximum Gasteiger partial charge on any atom is 0.125 e. The Morgan fingerprint density at radius 3 is 2.38 bits per heavy atom. The molecule has 0 saturated heterocycles. The summed E-state index contributed by atoms with van der Waals surface area (Å²) in [5.41, 5.74) is 1.29. The smallest absolute Gasteiger partial charge is 0.125 e. The van der Waals surface area contributed by atoms with Crippen molar-refractivity contribution in [2.24, 2.45) is 0 Å². The monoisotopic (exact) mass is 286 g/mol. The second kappa shape index (κ2) is 6.27. The van der Waals surface area contributed by atoms with E-state index in [4.69, 9.17) is 4.74 Å². The van der Waals surface area contributed by atoms with Crippen LogP contribution in [0.25, 0.3) is 0 Å². The Balaban J connectivity index is 1.70. The van der Waals surface area contributed by atoms with Crippen LogP contribution in [0.4, 0.5) is 4.39 Å². The first-order valence-corrected chi connectivity index (χ1v) is 7.37. The van der Waals surface area contributed by atoms with Crippen molar-refractivity contribution < 1.29 is 14.2 Å². The molecule has 1 aliphatic rings. The molecule has 2 nitrogen and oxygen atoms in total. The molecule has 0 aromatic heterocycles. The van der Waals surface area contributed by atoms with Gasteiger partial charge in [0.25, 0.3) is 0 Å². The number of aliphatic hydroxyl groups excluding tert-OH is 1. The van der Waals surface area contributed by atoms with E-state index >= 15 is 0 Å². The Morgan fingerprint density at radius 2 is 1.67 bits per heavy atom. The van der Waals surface area contributed by atoms with Crippen molar-refractivity contribution in [3.63, 3.8) is 0 Å². The SMILES string of the molecule is OC1CCC(c2ccccc2)CC1Oc1ccc(F)cc1. The molecule has 1 fully saturated rings. The Kier molecular flexibility index (Phi) is 4.20. The zero-order valence-electron chi connectivity index (χ0n) is 11.8. The van der Waals surface area contributed by atoms with Crippen molar-refractivity contribution in [2.45, 2.75) is 37.4 Å². The molecule has 3 rings (SSSR count). The minimum atomic E-state index is -0.463. The molecule has 3 atom stereocenters. The number of hydrogen-bond donors (Lipinski definition) is 1. The molecule has 0 aliphatic heterocycles. The van der Waals surface area contributed by atoms with E-state index in [9.17, 15) is 9.50 Å². The van der Waals surface area contributed by atoms with Crippen LogP contribution in [0.15, 0.2) is 54.6 Å². The molecule has 0 bridgehead atoms. The Morgan fingerprint density at radius 1 is 0.952 bits per heavy atom. The summed E-state index contributed by atoms with van der Waals surface area (Å²) >= 11 is 0. The van der Waals surface area contributed by atoms with E-state index in [2.05, 4.69) is 12.1 Å². The molecule has 2 aromatic rings. The molecule has 3 heteroatoms. The zero-order valence-corrected chi connectivity index (χ0v) is 11.8. The normalized spacial score (nSPS) is 25.5. The molecule has 0 amide bonds. The van der Waals surface area contributed by atoms with Gasteiger partial charge in [-0.1, -0.05) is 30.3 Å². The molecule has 3 unspecified atom stereocenters. The lowest BCUT2D eigenvalue weighted by Crippen LogP contribution is -2.37. The van der Waals surface area contributed by atoms with Gasteiger partial charge in [-0.2, -0.15) is 0 Å². The Bertz CT molecular complexity index is 568. The lowest BCUT2D eigenvalue weighted by molar-refractivity contribution is 0.000380. The fourth-order valence-electron chi connectivity index (χ4n) is 2.96. The van der Waals surface area contributed by atoms with E-state index in [1.807, 2.05) is 18.2 Å². The number of benzene rings is 2. The highest BCUT2D eigenvalue weighted by Gasteiger charge is 2.31. The van der Waals surface area contributed by atoms with Gasteiger partial charge in [0.2, 0.25) is 0 Å². The van der Waals surface area contributed by atoms with E-state index < -0.39 is 6.10 Å². The third-order valence-corrected chi connectivity index (χ3v) is 4.13. The quantitative estimate of drug-likeness (QED) is 0.927. The van der Waals surface area contributed by atoms with Crippen LogP contribution < -0.4 is 4.74 Å². The highest BCUT2D eigenvalue weighted by Crippen LogP contribution is 2.34. The number of hydrogen-bond acceptors (Lipinski definition) is 2. The molecule has 2 aromatic carbocycles. The molecule has 1 aliphatic carbocycles. The fourth-order valence-corrected chi connectivity index (χ4v) is 2.96. The molecular formula is C18H19FO2. The van der Waals surface area contributed by atoms with Gasteiger partial charge in [-0.25, -0.2) is 4.39 Å². The van der Waals surface area contributed by atoms with Gasteiger partial charge in [-0.15, -0.1) is 0 Å². The van der Waals surface area contributed by atoms with Gasteiger partial charge in [-0.3, -0.25) is 0 Å². The third-order valence-electron chi connectivity index (χ3n) is 4.13. The fraction of sp³-hybridized carbons (Fsp3) is 0.333. The topological polar surface area (TPSA) is 29.5 Å². The molecular weight excluding hydrogens is 267 g/mol. The van der Waals surface area contributed by atoms with E-state index in [1.54, 1.807) is 12.1 Å². The van der Waals surface area contributed by atoms with Gasteiger partial charge in [0.1, 0.15) is 17.7 Å². The van der Waals surface area contributed by atoms with Crippen LogP contribution in [-0.4, -0.2) is 17.3 Å². The minimum absolute atomic E-state index is 0.241. The second-order valence-electron chi connectivity index (χ2n) is 5.60. The number of halogens is 1. The first kappa shape index (κ1) is 14.1. The van der Waals surface area contributed by atoms with Crippen LogP contribution in [0.3, 0.4) is 0 Å². The van der Waals surface area contributed by atoms with Crippen molar-refractivity contribution >= 4 is 0 Å². The summed E-state index contributed by atoms with van der Waals surface area (Å²) < 4.78 is 18.8. The van der Waals surface area contributed by atoms with Crippen molar-refractivity contribution in [3.05, 3.63) is 66.0 Å². The van der Waals surface area contributed by atoms with E-state index in [-0.39, 0.29) is 11.9 Å².